The summed E-state index contributed by atoms with van der Waals surface area (Å²) < 4.78 is 5.36. The number of fused-ring (bicyclic) bond motifs is 5. The van der Waals surface area contributed by atoms with Gasteiger partial charge in [-0.3, -0.25) is 4.79 Å². The number of rotatable bonds is 4. The van der Waals surface area contributed by atoms with Gasteiger partial charge in [0.25, 0.3) is 0 Å². The maximum absolute atomic E-state index is 12.6. The fourth-order valence-electron chi connectivity index (χ4n) is 8.26. The molecule has 0 saturated heterocycles. The second-order valence-corrected chi connectivity index (χ2v) is 10.4. The first-order chi connectivity index (χ1) is 12.4. The highest BCUT2D eigenvalue weighted by atomic mass is 16.5. The summed E-state index contributed by atoms with van der Waals surface area (Å²) in [6.07, 6.45) is 12.3. The van der Waals surface area contributed by atoms with Crippen molar-refractivity contribution in [3.05, 3.63) is 0 Å². The summed E-state index contributed by atoms with van der Waals surface area (Å²) in [7, 11) is 1.71. The first kappa shape index (κ1) is 18.9. The molecule has 0 aromatic rings. The van der Waals surface area contributed by atoms with Gasteiger partial charge in [0.05, 0.1) is 12.2 Å². The zero-order chi connectivity index (χ0) is 18.6. The molecule has 26 heavy (non-hydrogen) atoms. The number of ketones is 1. The van der Waals surface area contributed by atoms with E-state index in [1.807, 2.05) is 0 Å². The van der Waals surface area contributed by atoms with Crippen molar-refractivity contribution in [2.45, 2.75) is 90.1 Å². The molecule has 0 aromatic heterocycles. The molecule has 4 aliphatic carbocycles. The van der Waals surface area contributed by atoms with Crippen LogP contribution in [0.1, 0.15) is 84.5 Å². The Bertz CT molecular complexity index is 560. The smallest absolute Gasteiger partial charge is 0.139 e. The van der Waals surface area contributed by atoms with Crippen LogP contribution in [-0.4, -0.2) is 30.2 Å². The molecule has 0 spiro atoms. The van der Waals surface area contributed by atoms with Gasteiger partial charge in [-0.2, -0.15) is 0 Å². The van der Waals surface area contributed by atoms with E-state index < -0.39 is 5.60 Å². The zero-order valence-corrected chi connectivity index (χ0v) is 17.1. The number of methoxy groups -OCH3 is 1. The summed E-state index contributed by atoms with van der Waals surface area (Å²) in [5.74, 6) is 3.34. The van der Waals surface area contributed by atoms with Crippen LogP contribution in [0.4, 0.5) is 0 Å². The highest BCUT2D eigenvalue weighted by molar-refractivity contribution is 5.87. The van der Waals surface area contributed by atoms with Gasteiger partial charge < -0.3 is 9.84 Å². The number of Topliss-reactive ketones (excluding diaryl/α,β-unsaturated/α-hetero) is 1. The van der Waals surface area contributed by atoms with Gasteiger partial charge in [0.2, 0.25) is 0 Å². The van der Waals surface area contributed by atoms with Crippen molar-refractivity contribution in [1.29, 1.82) is 0 Å². The van der Waals surface area contributed by atoms with Crippen LogP contribution in [0.5, 0.6) is 0 Å². The molecule has 148 valence electrons. The minimum Gasteiger partial charge on any atom is -0.387 e. The van der Waals surface area contributed by atoms with E-state index >= 15 is 0 Å². The summed E-state index contributed by atoms with van der Waals surface area (Å²) in [5, 5.41) is 11.0. The van der Waals surface area contributed by atoms with Crippen LogP contribution in [0.2, 0.25) is 0 Å². The maximum Gasteiger partial charge on any atom is 0.139 e. The number of hydrogen-bond acceptors (Lipinski definition) is 3. The van der Waals surface area contributed by atoms with E-state index in [1.165, 1.54) is 32.1 Å². The molecule has 0 unspecified atom stereocenters. The molecule has 4 saturated carbocycles. The van der Waals surface area contributed by atoms with Gasteiger partial charge in [0.15, 0.2) is 0 Å². The molecule has 4 fully saturated rings. The van der Waals surface area contributed by atoms with Gasteiger partial charge in [-0.25, -0.2) is 0 Å². The van der Waals surface area contributed by atoms with Gasteiger partial charge in [-0.1, -0.05) is 20.3 Å². The number of carbonyl (C=O) groups is 1. The van der Waals surface area contributed by atoms with Gasteiger partial charge in [-0.15, -0.1) is 0 Å². The SMILES string of the molecule is CCC[C@]12CC[C@](O)(COC)C[C@@H]1CC[C@@H]1[C@@H]2CC[C@]2(C)C(=O)CC[C@@H]12. The zero-order valence-electron chi connectivity index (χ0n) is 17.1. The standard InChI is InChI=1S/C23H38O3/c1-4-10-23-13-12-22(25,15-26-3)14-16(23)5-6-17-18-7-8-20(24)21(18,2)11-9-19(17)23/h16-19,25H,4-15H2,1-3H3/t16-,17-,18-,19-,21-,22+,23-/m0/s1. The summed E-state index contributed by atoms with van der Waals surface area (Å²) >= 11 is 0. The van der Waals surface area contributed by atoms with Crippen LogP contribution in [0.3, 0.4) is 0 Å². The Balaban J connectivity index is 1.63. The maximum atomic E-state index is 12.6. The van der Waals surface area contributed by atoms with Crippen LogP contribution in [0.15, 0.2) is 0 Å². The Morgan fingerprint density at radius 2 is 1.92 bits per heavy atom. The van der Waals surface area contributed by atoms with Crippen molar-refractivity contribution >= 4 is 5.78 Å². The van der Waals surface area contributed by atoms with Crippen LogP contribution in [-0.2, 0) is 9.53 Å². The molecule has 1 N–H and O–H groups in total. The van der Waals surface area contributed by atoms with E-state index in [-0.39, 0.29) is 5.41 Å². The predicted molar refractivity (Wildman–Crippen MR) is 103 cm³/mol. The van der Waals surface area contributed by atoms with Crippen molar-refractivity contribution < 1.29 is 14.6 Å². The molecule has 0 aliphatic heterocycles. The fraction of sp³-hybridized carbons (Fsp3) is 0.957. The normalized spacial score (nSPS) is 50.8. The molecule has 0 amide bonds. The van der Waals surface area contributed by atoms with Crippen molar-refractivity contribution in [3.8, 4) is 0 Å². The number of aliphatic hydroxyl groups is 1. The molecule has 4 aliphatic rings. The highest BCUT2D eigenvalue weighted by Gasteiger charge is 2.62. The molecular formula is C23H38O3. The lowest BCUT2D eigenvalue weighted by Gasteiger charge is -2.62. The predicted octanol–water partition coefficient (Wildman–Crippen LogP) is 4.76. The lowest BCUT2D eigenvalue weighted by molar-refractivity contribution is -0.171. The molecule has 7 atom stereocenters. The lowest BCUT2D eigenvalue weighted by atomic mass is 9.43. The van der Waals surface area contributed by atoms with E-state index in [1.54, 1.807) is 7.11 Å². The van der Waals surface area contributed by atoms with Gasteiger partial charge in [0.1, 0.15) is 5.78 Å². The monoisotopic (exact) mass is 362 g/mol. The Labute approximate surface area is 159 Å². The van der Waals surface area contributed by atoms with Crippen molar-refractivity contribution in [2.24, 2.45) is 34.5 Å². The van der Waals surface area contributed by atoms with E-state index in [0.29, 0.717) is 29.6 Å². The van der Waals surface area contributed by atoms with Gasteiger partial charge >= 0.3 is 0 Å². The average Bonchev–Trinajstić information content (AvgIpc) is 2.91. The van der Waals surface area contributed by atoms with Crippen molar-refractivity contribution in [2.75, 3.05) is 13.7 Å². The third-order valence-corrected chi connectivity index (χ3v) is 9.36. The topological polar surface area (TPSA) is 46.5 Å². The van der Waals surface area contributed by atoms with E-state index in [0.717, 1.165) is 50.4 Å². The summed E-state index contributed by atoms with van der Waals surface area (Å²) in [5.41, 5.74) is -0.229. The number of hydrogen-bond donors (Lipinski definition) is 1. The molecule has 0 aromatic carbocycles. The van der Waals surface area contributed by atoms with Crippen molar-refractivity contribution in [1.82, 2.24) is 0 Å². The lowest BCUT2D eigenvalue weighted by Crippen LogP contribution is -2.57. The highest BCUT2D eigenvalue weighted by Crippen LogP contribution is 2.67. The number of ether oxygens (including phenoxy) is 1. The van der Waals surface area contributed by atoms with Crippen LogP contribution >= 0.6 is 0 Å². The summed E-state index contributed by atoms with van der Waals surface area (Å²) in [4.78, 5) is 12.6. The van der Waals surface area contributed by atoms with Crippen molar-refractivity contribution in [3.63, 3.8) is 0 Å². The second-order valence-electron chi connectivity index (χ2n) is 10.4. The number of carbonyl (C=O) groups excluding carboxylic acids is 1. The van der Waals surface area contributed by atoms with Crippen LogP contribution in [0.25, 0.3) is 0 Å². The van der Waals surface area contributed by atoms with Crippen LogP contribution < -0.4 is 0 Å². The summed E-state index contributed by atoms with van der Waals surface area (Å²) in [6, 6.07) is 0. The third-order valence-electron chi connectivity index (χ3n) is 9.36. The Kier molecular flexibility index (Phi) is 4.79. The molecule has 3 nitrogen and oxygen atoms in total. The molecular weight excluding hydrogens is 324 g/mol. The van der Waals surface area contributed by atoms with Gasteiger partial charge in [0, 0.05) is 18.9 Å². The van der Waals surface area contributed by atoms with E-state index in [2.05, 4.69) is 13.8 Å². The summed E-state index contributed by atoms with van der Waals surface area (Å²) in [6.45, 7) is 5.09. The average molecular weight is 363 g/mol. The quantitative estimate of drug-likeness (QED) is 0.784. The largest absolute Gasteiger partial charge is 0.387 e. The third kappa shape index (κ3) is 2.64. The fourth-order valence-corrected chi connectivity index (χ4v) is 8.26. The Morgan fingerprint density at radius 3 is 2.65 bits per heavy atom. The molecule has 0 radical (unpaired) electrons. The van der Waals surface area contributed by atoms with E-state index in [4.69, 9.17) is 4.74 Å². The second kappa shape index (κ2) is 6.58. The molecule has 0 bridgehead atoms. The first-order valence-corrected chi connectivity index (χ1v) is 11.1. The minimum atomic E-state index is -0.615. The molecule has 3 heteroatoms. The Morgan fingerprint density at radius 1 is 1.12 bits per heavy atom. The minimum absolute atomic E-state index is 0.0210. The molecule has 4 rings (SSSR count). The first-order valence-electron chi connectivity index (χ1n) is 11.1. The molecule has 0 heterocycles. The van der Waals surface area contributed by atoms with Crippen LogP contribution in [0, 0.1) is 34.5 Å². The van der Waals surface area contributed by atoms with E-state index in [9.17, 15) is 9.90 Å². The van der Waals surface area contributed by atoms with Gasteiger partial charge in [-0.05, 0) is 86.9 Å². The Hall–Kier alpha value is -0.410.